The molecule has 0 atom stereocenters. The lowest BCUT2D eigenvalue weighted by atomic mass is 10.1. The number of aromatic nitrogens is 3. The highest BCUT2D eigenvalue weighted by Crippen LogP contribution is 2.30. The molecule has 2 aromatic heterocycles. The first kappa shape index (κ1) is 14.4. The van der Waals surface area contributed by atoms with Crippen molar-refractivity contribution < 1.29 is 9.63 Å². The summed E-state index contributed by atoms with van der Waals surface area (Å²) < 4.78 is 7.18. The van der Waals surface area contributed by atoms with Crippen LogP contribution in [-0.2, 0) is 6.42 Å². The largest absolute Gasteiger partial charge is 0.508 e. The van der Waals surface area contributed by atoms with E-state index in [9.17, 15) is 5.11 Å². The van der Waals surface area contributed by atoms with Gasteiger partial charge in [-0.15, -0.1) is 0 Å². The first-order chi connectivity index (χ1) is 10.6. The van der Waals surface area contributed by atoms with Crippen LogP contribution in [0.15, 0.2) is 34.9 Å². The fraction of sp³-hybridized carbons (Fsp3) is 0.294. The topological polar surface area (TPSA) is 64.1 Å². The number of benzene rings is 1. The number of aromatic hydroxyl groups is 1. The average molecular weight is 297 g/mol. The second-order valence-corrected chi connectivity index (χ2v) is 5.40. The summed E-state index contributed by atoms with van der Waals surface area (Å²) in [5, 5.41) is 18.2. The number of aryl methyl sites for hydroxylation is 3. The third kappa shape index (κ3) is 2.50. The summed E-state index contributed by atoms with van der Waals surface area (Å²) in [6.45, 7) is 5.97. The van der Waals surface area contributed by atoms with Gasteiger partial charge in [-0.3, -0.25) is 0 Å². The molecule has 2 heterocycles. The van der Waals surface area contributed by atoms with Gasteiger partial charge < -0.3 is 9.63 Å². The Kier molecular flexibility index (Phi) is 3.71. The van der Waals surface area contributed by atoms with E-state index in [-0.39, 0.29) is 5.75 Å². The van der Waals surface area contributed by atoms with Crippen molar-refractivity contribution in [2.24, 2.45) is 0 Å². The average Bonchev–Trinajstić information content (AvgIpc) is 3.04. The van der Waals surface area contributed by atoms with E-state index in [0.717, 1.165) is 46.9 Å². The Balaban J connectivity index is 2.18. The zero-order valence-electron chi connectivity index (χ0n) is 13.0. The van der Waals surface area contributed by atoms with Crippen LogP contribution in [-0.4, -0.2) is 20.0 Å². The minimum absolute atomic E-state index is 0.239. The van der Waals surface area contributed by atoms with Crippen molar-refractivity contribution in [2.75, 3.05) is 0 Å². The monoisotopic (exact) mass is 297 g/mol. The van der Waals surface area contributed by atoms with Crippen LogP contribution in [0.2, 0.25) is 0 Å². The van der Waals surface area contributed by atoms with Crippen LogP contribution in [0.3, 0.4) is 0 Å². The Hall–Kier alpha value is -2.56. The van der Waals surface area contributed by atoms with Gasteiger partial charge in [-0.25, -0.2) is 4.68 Å². The van der Waals surface area contributed by atoms with Crippen LogP contribution >= 0.6 is 0 Å². The van der Waals surface area contributed by atoms with E-state index in [1.54, 1.807) is 12.1 Å². The molecular weight excluding hydrogens is 278 g/mol. The fourth-order valence-corrected chi connectivity index (χ4v) is 2.63. The molecule has 0 spiro atoms. The van der Waals surface area contributed by atoms with E-state index in [1.165, 1.54) is 0 Å². The minimum Gasteiger partial charge on any atom is -0.508 e. The number of hydrogen-bond donors (Lipinski definition) is 1. The van der Waals surface area contributed by atoms with E-state index < -0.39 is 0 Å². The van der Waals surface area contributed by atoms with E-state index in [2.05, 4.69) is 18.1 Å². The lowest BCUT2D eigenvalue weighted by molar-refractivity contribution is 0.393. The van der Waals surface area contributed by atoms with Gasteiger partial charge in [0.1, 0.15) is 11.5 Å². The quantitative estimate of drug-likeness (QED) is 0.795. The molecule has 3 rings (SSSR count). The van der Waals surface area contributed by atoms with Gasteiger partial charge in [0.25, 0.3) is 0 Å². The molecule has 5 heteroatoms. The second kappa shape index (κ2) is 5.67. The molecule has 0 aliphatic rings. The van der Waals surface area contributed by atoms with Crippen LogP contribution < -0.4 is 0 Å². The predicted octanol–water partition coefficient (Wildman–Crippen LogP) is 3.80. The molecule has 0 fully saturated rings. The molecule has 1 aromatic carbocycles. The minimum atomic E-state index is 0.239. The lowest BCUT2D eigenvalue weighted by Gasteiger charge is -2.07. The summed E-state index contributed by atoms with van der Waals surface area (Å²) >= 11 is 0. The Bertz CT molecular complexity index is 765. The Morgan fingerprint density at radius 1 is 1.18 bits per heavy atom. The van der Waals surface area contributed by atoms with Gasteiger partial charge in [-0.2, -0.15) is 5.10 Å². The third-order valence-electron chi connectivity index (χ3n) is 3.65. The second-order valence-electron chi connectivity index (χ2n) is 5.40. The maximum Gasteiger partial charge on any atom is 0.143 e. The SMILES string of the molecule is CCCc1cc(-c2c(C)noc2C)n(-c2ccc(O)cc2)n1. The van der Waals surface area contributed by atoms with Crippen molar-refractivity contribution in [1.29, 1.82) is 0 Å². The molecule has 0 amide bonds. The van der Waals surface area contributed by atoms with Crippen molar-refractivity contribution in [3.63, 3.8) is 0 Å². The van der Waals surface area contributed by atoms with Crippen LogP contribution in [0, 0.1) is 13.8 Å². The van der Waals surface area contributed by atoms with Gasteiger partial charge in [-0.05, 0) is 50.6 Å². The van der Waals surface area contributed by atoms with Crippen LogP contribution in [0.4, 0.5) is 0 Å². The molecule has 1 N–H and O–H groups in total. The zero-order valence-corrected chi connectivity index (χ0v) is 13.0. The first-order valence-electron chi connectivity index (χ1n) is 7.41. The summed E-state index contributed by atoms with van der Waals surface area (Å²) in [5.41, 5.74) is 4.72. The van der Waals surface area contributed by atoms with Crippen molar-refractivity contribution in [2.45, 2.75) is 33.6 Å². The Morgan fingerprint density at radius 2 is 1.91 bits per heavy atom. The summed E-state index contributed by atoms with van der Waals surface area (Å²) in [6, 6.07) is 9.10. The molecule has 0 aliphatic carbocycles. The van der Waals surface area contributed by atoms with Gasteiger partial charge in [0.2, 0.25) is 0 Å². The first-order valence-corrected chi connectivity index (χ1v) is 7.41. The molecular formula is C17H19N3O2. The van der Waals surface area contributed by atoms with E-state index >= 15 is 0 Å². The van der Waals surface area contributed by atoms with Crippen LogP contribution in [0.25, 0.3) is 16.9 Å². The number of hydrogen-bond acceptors (Lipinski definition) is 4. The van der Waals surface area contributed by atoms with E-state index in [0.29, 0.717) is 0 Å². The molecule has 0 saturated heterocycles. The summed E-state index contributed by atoms with van der Waals surface area (Å²) in [4.78, 5) is 0. The summed E-state index contributed by atoms with van der Waals surface area (Å²) in [5.74, 6) is 1.02. The molecule has 114 valence electrons. The molecule has 0 unspecified atom stereocenters. The highest BCUT2D eigenvalue weighted by atomic mass is 16.5. The standard InChI is InChI=1S/C17H19N3O2/c1-4-5-13-10-16(17-11(2)19-22-12(17)3)20(18-13)14-6-8-15(21)9-7-14/h6-10,21H,4-5H2,1-3H3. The molecule has 22 heavy (non-hydrogen) atoms. The van der Waals surface area contributed by atoms with Crippen molar-refractivity contribution in [3.8, 4) is 22.7 Å². The van der Waals surface area contributed by atoms with E-state index in [1.807, 2.05) is 30.7 Å². The lowest BCUT2D eigenvalue weighted by Crippen LogP contribution is -2.00. The van der Waals surface area contributed by atoms with Gasteiger partial charge in [-0.1, -0.05) is 18.5 Å². The van der Waals surface area contributed by atoms with Crippen molar-refractivity contribution >= 4 is 0 Å². The maximum atomic E-state index is 9.48. The maximum absolute atomic E-state index is 9.48. The van der Waals surface area contributed by atoms with Gasteiger partial charge in [0.15, 0.2) is 0 Å². The van der Waals surface area contributed by atoms with Gasteiger partial charge in [0, 0.05) is 0 Å². The summed E-state index contributed by atoms with van der Waals surface area (Å²) in [6.07, 6.45) is 1.95. The van der Waals surface area contributed by atoms with Crippen molar-refractivity contribution in [1.82, 2.24) is 14.9 Å². The Morgan fingerprint density at radius 3 is 2.50 bits per heavy atom. The van der Waals surface area contributed by atoms with Crippen LogP contribution in [0.1, 0.15) is 30.5 Å². The molecule has 0 bridgehead atoms. The third-order valence-corrected chi connectivity index (χ3v) is 3.65. The van der Waals surface area contributed by atoms with E-state index in [4.69, 9.17) is 9.62 Å². The molecule has 0 aliphatic heterocycles. The predicted molar refractivity (Wildman–Crippen MR) is 84.2 cm³/mol. The molecule has 5 nitrogen and oxygen atoms in total. The van der Waals surface area contributed by atoms with Gasteiger partial charge in [0.05, 0.1) is 28.3 Å². The number of rotatable bonds is 4. The molecule has 0 radical (unpaired) electrons. The highest BCUT2D eigenvalue weighted by molar-refractivity contribution is 5.66. The normalized spacial score (nSPS) is 11.0. The Labute approximate surface area is 129 Å². The van der Waals surface area contributed by atoms with Crippen molar-refractivity contribution in [3.05, 3.63) is 47.5 Å². The van der Waals surface area contributed by atoms with Crippen LogP contribution in [0.5, 0.6) is 5.75 Å². The fourth-order valence-electron chi connectivity index (χ4n) is 2.63. The molecule has 3 aromatic rings. The van der Waals surface area contributed by atoms with Gasteiger partial charge >= 0.3 is 0 Å². The zero-order chi connectivity index (χ0) is 15.7. The number of nitrogens with zero attached hydrogens (tertiary/aromatic N) is 3. The number of phenols is 1. The highest BCUT2D eigenvalue weighted by Gasteiger charge is 2.18. The summed E-state index contributed by atoms with van der Waals surface area (Å²) in [7, 11) is 0. The number of phenolic OH excluding ortho intramolecular Hbond substituents is 1. The molecule has 0 saturated carbocycles. The smallest absolute Gasteiger partial charge is 0.143 e.